The van der Waals surface area contributed by atoms with Gasteiger partial charge in [0.2, 0.25) is 0 Å². The highest BCUT2D eigenvalue weighted by Crippen LogP contribution is 2.17. The second kappa shape index (κ2) is 6.26. The highest BCUT2D eigenvalue weighted by molar-refractivity contribution is 5.06. The Labute approximate surface area is 92.5 Å². The molecule has 0 bridgehead atoms. The van der Waals surface area contributed by atoms with Gasteiger partial charge in [-0.15, -0.1) is 0 Å². The van der Waals surface area contributed by atoms with Crippen LogP contribution >= 0.6 is 0 Å². The summed E-state index contributed by atoms with van der Waals surface area (Å²) in [5.41, 5.74) is 0. The van der Waals surface area contributed by atoms with Crippen molar-refractivity contribution < 1.29 is 9.84 Å². The zero-order chi connectivity index (χ0) is 11.3. The average molecular weight is 213 g/mol. The van der Waals surface area contributed by atoms with Crippen LogP contribution in [0, 0.1) is 5.92 Å². The lowest BCUT2D eigenvalue weighted by molar-refractivity contribution is 0.0629. The van der Waals surface area contributed by atoms with Crippen LogP contribution in [0.4, 0.5) is 0 Å². The van der Waals surface area contributed by atoms with Crippen molar-refractivity contribution in [2.24, 2.45) is 5.92 Å². The molecule has 0 radical (unpaired) electrons. The zero-order valence-corrected chi connectivity index (χ0v) is 9.94. The molecule has 2 N–H and O–H groups in total. The van der Waals surface area contributed by atoms with Gasteiger partial charge in [0.15, 0.2) is 0 Å². The highest BCUT2D eigenvalue weighted by Gasteiger charge is 2.19. The smallest absolute Gasteiger partial charge is 0.0620 e. The molecule has 3 atom stereocenters. The molecule has 88 valence electrons. The van der Waals surface area contributed by atoms with E-state index < -0.39 is 0 Å². The third-order valence-electron chi connectivity index (χ3n) is 2.58. The first-order chi connectivity index (χ1) is 7.11. The second-order valence-corrected chi connectivity index (χ2v) is 4.62. The predicted molar refractivity (Wildman–Crippen MR) is 61.8 cm³/mol. The molecule has 0 aliphatic heterocycles. The van der Waals surface area contributed by atoms with Crippen molar-refractivity contribution in [2.45, 2.75) is 45.4 Å². The van der Waals surface area contributed by atoms with E-state index in [0.717, 1.165) is 13.0 Å². The molecule has 1 aliphatic carbocycles. The topological polar surface area (TPSA) is 41.5 Å². The van der Waals surface area contributed by atoms with Gasteiger partial charge in [-0.3, -0.25) is 0 Å². The van der Waals surface area contributed by atoms with E-state index in [9.17, 15) is 0 Å². The Bertz CT molecular complexity index is 204. The quantitative estimate of drug-likeness (QED) is 0.654. The number of aliphatic hydroxyl groups is 1. The summed E-state index contributed by atoms with van der Waals surface area (Å²) in [6.07, 6.45) is 5.53. The van der Waals surface area contributed by atoms with Gasteiger partial charge in [-0.1, -0.05) is 12.2 Å². The van der Waals surface area contributed by atoms with Crippen LogP contribution in [-0.2, 0) is 4.74 Å². The lowest BCUT2D eigenvalue weighted by atomic mass is 10.1. The molecule has 1 rings (SSSR count). The fourth-order valence-corrected chi connectivity index (χ4v) is 1.78. The Morgan fingerprint density at radius 3 is 2.67 bits per heavy atom. The molecule has 0 saturated heterocycles. The van der Waals surface area contributed by atoms with Crippen LogP contribution in [-0.4, -0.2) is 36.5 Å². The number of nitrogens with one attached hydrogen (secondary N) is 1. The summed E-state index contributed by atoms with van der Waals surface area (Å²) >= 11 is 0. The van der Waals surface area contributed by atoms with E-state index in [0.29, 0.717) is 24.1 Å². The summed E-state index contributed by atoms with van der Waals surface area (Å²) in [5.74, 6) is 0.334. The van der Waals surface area contributed by atoms with Crippen LogP contribution in [0.5, 0.6) is 0 Å². The Balaban J connectivity index is 2.16. The van der Waals surface area contributed by atoms with Gasteiger partial charge in [0, 0.05) is 24.6 Å². The van der Waals surface area contributed by atoms with Crippen LogP contribution < -0.4 is 5.32 Å². The molecular formula is C12H23NO2. The molecule has 0 aromatic heterocycles. The van der Waals surface area contributed by atoms with Crippen LogP contribution in [0.25, 0.3) is 0 Å². The number of hydrogen-bond donors (Lipinski definition) is 2. The first-order valence-corrected chi connectivity index (χ1v) is 5.78. The molecule has 15 heavy (non-hydrogen) atoms. The van der Waals surface area contributed by atoms with Crippen LogP contribution in [0.3, 0.4) is 0 Å². The van der Waals surface area contributed by atoms with E-state index in [-0.39, 0.29) is 6.61 Å². The summed E-state index contributed by atoms with van der Waals surface area (Å²) < 4.78 is 5.53. The minimum atomic E-state index is 0.256. The SMILES string of the molecule is CC(COC(C)C)N[C@@H]1C=C[C@H](CO)C1. The van der Waals surface area contributed by atoms with Gasteiger partial charge in [-0.25, -0.2) is 0 Å². The molecule has 1 aliphatic rings. The van der Waals surface area contributed by atoms with E-state index in [4.69, 9.17) is 9.84 Å². The standard InChI is InChI=1S/C12H23NO2/c1-9(2)15-8-10(3)13-12-5-4-11(6-12)7-14/h4-5,9-14H,6-8H2,1-3H3/t10?,11-,12+/m0/s1. The third-order valence-corrected chi connectivity index (χ3v) is 2.58. The van der Waals surface area contributed by atoms with Gasteiger partial charge < -0.3 is 15.2 Å². The minimum absolute atomic E-state index is 0.256. The van der Waals surface area contributed by atoms with Crippen LogP contribution in [0.2, 0.25) is 0 Å². The Morgan fingerprint density at radius 1 is 1.40 bits per heavy atom. The zero-order valence-electron chi connectivity index (χ0n) is 9.94. The Morgan fingerprint density at radius 2 is 2.13 bits per heavy atom. The molecule has 0 spiro atoms. The number of ether oxygens (including phenoxy) is 1. The second-order valence-electron chi connectivity index (χ2n) is 4.62. The summed E-state index contributed by atoms with van der Waals surface area (Å²) in [7, 11) is 0. The molecular weight excluding hydrogens is 190 g/mol. The first kappa shape index (κ1) is 12.7. The van der Waals surface area contributed by atoms with Crippen LogP contribution in [0.15, 0.2) is 12.2 Å². The summed E-state index contributed by atoms with van der Waals surface area (Å²) in [6, 6.07) is 0.757. The lowest BCUT2D eigenvalue weighted by Gasteiger charge is -2.20. The van der Waals surface area contributed by atoms with Gasteiger partial charge >= 0.3 is 0 Å². The maximum Gasteiger partial charge on any atom is 0.0620 e. The third kappa shape index (κ3) is 4.78. The highest BCUT2D eigenvalue weighted by atomic mass is 16.5. The van der Waals surface area contributed by atoms with Crippen molar-refractivity contribution in [2.75, 3.05) is 13.2 Å². The molecule has 0 heterocycles. The van der Waals surface area contributed by atoms with E-state index in [2.05, 4.69) is 24.4 Å². The molecule has 3 heteroatoms. The van der Waals surface area contributed by atoms with Crippen molar-refractivity contribution >= 4 is 0 Å². The van der Waals surface area contributed by atoms with Crippen molar-refractivity contribution in [3.8, 4) is 0 Å². The number of aliphatic hydroxyl groups excluding tert-OH is 1. The van der Waals surface area contributed by atoms with Crippen molar-refractivity contribution in [1.82, 2.24) is 5.32 Å². The lowest BCUT2D eigenvalue weighted by Crippen LogP contribution is -2.38. The van der Waals surface area contributed by atoms with Crippen molar-refractivity contribution in [3.05, 3.63) is 12.2 Å². The Kier molecular flexibility index (Phi) is 5.29. The molecule has 0 aromatic rings. The van der Waals surface area contributed by atoms with E-state index in [1.54, 1.807) is 0 Å². The fraction of sp³-hybridized carbons (Fsp3) is 0.833. The molecule has 0 amide bonds. The van der Waals surface area contributed by atoms with Gasteiger partial charge in [0.05, 0.1) is 12.7 Å². The monoisotopic (exact) mass is 213 g/mol. The number of rotatable bonds is 6. The van der Waals surface area contributed by atoms with Gasteiger partial charge in [-0.05, 0) is 27.2 Å². The van der Waals surface area contributed by atoms with Crippen molar-refractivity contribution in [1.29, 1.82) is 0 Å². The van der Waals surface area contributed by atoms with Crippen LogP contribution in [0.1, 0.15) is 27.2 Å². The first-order valence-electron chi connectivity index (χ1n) is 5.78. The average Bonchev–Trinajstić information content (AvgIpc) is 2.62. The summed E-state index contributed by atoms with van der Waals surface area (Å²) in [6.45, 7) is 7.22. The largest absolute Gasteiger partial charge is 0.396 e. The van der Waals surface area contributed by atoms with Gasteiger partial charge in [0.1, 0.15) is 0 Å². The maximum absolute atomic E-state index is 8.99. The molecule has 0 aromatic carbocycles. The van der Waals surface area contributed by atoms with Crippen molar-refractivity contribution in [3.63, 3.8) is 0 Å². The molecule has 0 saturated carbocycles. The van der Waals surface area contributed by atoms with E-state index >= 15 is 0 Å². The summed E-state index contributed by atoms with van der Waals surface area (Å²) in [5, 5.41) is 12.5. The molecule has 3 nitrogen and oxygen atoms in total. The van der Waals surface area contributed by atoms with E-state index in [1.165, 1.54) is 0 Å². The Hall–Kier alpha value is -0.380. The number of hydrogen-bond acceptors (Lipinski definition) is 3. The molecule has 0 fully saturated rings. The van der Waals surface area contributed by atoms with Gasteiger partial charge in [0.25, 0.3) is 0 Å². The van der Waals surface area contributed by atoms with Gasteiger partial charge in [-0.2, -0.15) is 0 Å². The predicted octanol–water partition coefficient (Wildman–Crippen LogP) is 1.33. The summed E-state index contributed by atoms with van der Waals surface area (Å²) in [4.78, 5) is 0. The fourth-order valence-electron chi connectivity index (χ4n) is 1.78. The minimum Gasteiger partial charge on any atom is -0.396 e. The van der Waals surface area contributed by atoms with E-state index in [1.807, 2.05) is 13.8 Å². The maximum atomic E-state index is 8.99. The molecule has 1 unspecified atom stereocenters. The normalized spacial score (nSPS) is 27.5.